The van der Waals surface area contributed by atoms with Crippen molar-refractivity contribution < 1.29 is 31.6 Å². The van der Waals surface area contributed by atoms with Crippen LogP contribution in [0.3, 0.4) is 0 Å². The molecule has 4 aromatic heterocycles. The maximum Gasteiger partial charge on any atom is 0.433 e. The van der Waals surface area contributed by atoms with Crippen LogP contribution in [0.1, 0.15) is 37.8 Å². The smallest absolute Gasteiger partial charge is 0.408 e. The first-order valence-electron chi connectivity index (χ1n) is 11.2. The first kappa shape index (κ1) is 25.6. The van der Waals surface area contributed by atoms with E-state index in [4.69, 9.17) is 4.42 Å². The van der Waals surface area contributed by atoms with Gasteiger partial charge in [0.05, 0.1) is 11.7 Å². The van der Waals surface area contributed by atoms with Crippen molar-refractivity contribution in [3.63, 3.8) is 0 Å². The van der Waals surface area contributed by atoms with Gasteiger partial charge in [-0.25, -0.2) is 18.7 Å². The van der Waals surface area contributed by atoms with E-state index in [1.54, 1.807) is 18.2 Å². The van der Waals surface area contributed by atoms with Crippen molar-refractivity contribution in [1.82, 2.24) is 34.8 Å². The second kappa shape index (κ2) is 9.66. The standard InChI is InChI=1S/C24H17F4N7O4/c1-34-16-6-12(2-3-18(16)39-23(34)38)9-30-21(36)15-8-17(35-20(33-15)14(25)11-32-35)22(37)31-10-13-4-5-29-19(7-13)24(26,27)28/h2-8,11H,9-10H2,1H3,(H,30,36)(H,31,37). The van der Waals surface area contributed by atoms with Crippen molar-refractivity contribution in [1.29, 1.82) is 0 Å². The SMILES string of the molecule is Cn1c(=O)oc2ccc(CNC(=O)c3cc(C(=O)NCc4ccnc(C(F)(F)F)c4)n4ncc(F)c4n3)cc21. The van der Waals surface area contributed by atoms with Gasteiger partial charge in [-0.1, -0.05) is 6.07 Å². The highest BCUT2D eigenvalue weighted by atomic mass is 19.4. The van der Waals surface area contributed by atoms with E-state index < -0.39 is 40.9 Å². The number of benzene rings is 1. The van der Waals surface area contributed by atoms with Gasteiger partial charge in [0, 0.05) is 32.4 Å². The number of nitrogens with one attached hydrogen (secondary N) is 2. The fraction of sp³-hybridized carbons (Fsp3) is 0.167. The molecule has 5 aromatic rings. The molecule has 0 aliphatic rings. The van der Waals surface area contributed by atoms with Crippen LogP contribution in [-0.2, 0) is 26.3 Å². The Balaban J connectivity index is 1.36. The van der Waals surface area contributed by atoms with Gasteiger partial charge in [0.2, 0.25) is 0 Å². The Labute approximate surface area is 215 Å². The van der Waals surface area contributed by atoms with Crippen LogP contribution < -0.4 is 16.4 Å². The summed E-state index contributed by atoms with van der Waals surface area (Å²) in [5.74, 6) is -3.01. The highest BCUT2D eigenvalue weighted by Crippen LogP contribution is 2.27. The number of aromatic nitrogens is 5. The highest BCUT2D eigenvalue weighted by Gasteiger charge is 2.32. The van der Waals surface area contributed by atoms with Crippen molar-refractivity contribution in [2.45, 2.75) is 19.3 Å². The lowest BCUT2D eigenvalue weighted by Gasteiger charge is -2.11. The molecule has 11 nitrogen and oxygen atoms in total. The number of fused-ring (bicyclic) bond motifs is 2. The number of amides is 2. The minimum absolute atomic E-state index is 0.00780. The number of pyridine rings is 1. The Kier molecular flexibility index (Phi) is 6.33. The van der Waals surface area contributed by atoms with Crippen LogP contribution in [-0.4, -0.2) is 36.0 Å². The molecule has 200 valence electrons. The summed E-state index contributed by atoms with van der Waals surface area (Å²) in [6.45, 7) is -0.299. The summed E-state index contributed by atoms with van der Waals surface area (Å²) in [5.41, 5.74) is -0.457. The molecular formula is C24H17F4N7O4. The van der Waals surface area contributed by atoms with E-state index in [0.29, 0.717) is 16.7 Å². The summed E-state index contributed by atoms with van der Waals surface area (Å²) in [6, 6.07) is 8.03. The number of alkyl halides is 3. The van der Waals surface area contributed by atoms with E-state index >= 15 is 0 Å². The fourth-order valence-electron chi connectivity index (χ4n) is 3.78. The largest absolute Gasteiger partial charge is 0.433 e. The molecule has 0 spiro atoms. The van der Waals surface area contributed by atoms with Crippen molar-refractivity contribution >= 4 is 28.6 Å². The Hall–Kier alpha value is -5.08. The van der Waals surface area contributed by atoms with Gasteiger partial charge < -0.3 is 15.1 Å². The summed E-state index contributed by atoms with van der Waals surface area (Å²) in [7, 11) is 1.53. The number of hydrogen-bond acceptors (Lipinski definition) is 7. The van der Waals surface area contributed by atoms with Crippen LogP contribution in [0.15, 0.2) is 58.0 Å². The molecule has 0 atom stereocenters. The molecule has 2 N–H and O–H groups in total. The first-order valence-corrected chi connectivity index (χ1v) is 11.2. The topological polar surface area (TPSA) is 136 Å². The van der Waals surface area contributed by atoms with Gasteiger partial charge in [-0.2, -0.15) is 18.3 Å². The summed E-state index contributed by atoms with van der Waals surface area (Å²) in [6.07, 6.45) is -2.89. The van der Waals surface area contributed by atoms with Gasteiger partial charge in [0.1, 0.15) is 17.1 Å². The molecule has 5 rings (SSSR count). The number of hydrogen-bond donors (Lipinski definition) is 2. The molecule has 2 amide bonds. The van der Waals surface area contributed by atoms with E-state index in [1.807, 2.05) is 0 Å². The summed E-state index contributed by atoms with van der Waals surface area (Å²) in [4.78, 5) is 44.7. The Morgan fingerprint density at radius 1 is 1.03 bits per heavy atom. The van der Waals surface area contributed by atoms with Crippen LogP contribution in [0.5, 0.6) is 0 Å². The van der Waals surface area contributed by atoms with Gasteiger partial charge in [-0.05, 0) is 35.4 Å². The van der Waals surface area contributed by atoms with E-state index in [1.165, 1.54) is 17.7 Å². The molecule has 0 saturated heterocycles. The maximum absolute atomic E-state index is 14.3. The molecule has 0 bridgehead atoms. The zero-order valence-corrected chi connectivity index (χ0v) is 19.9. The van der Waals surface area contributed by atoms with E-state index in [9.17, 15) is 31.9 Å². The average Bonchev–Trinajstić information content (AvgIpc) is 3.43. The molecule has 0 saturated carbocycles. The molecule has 0 fully saturated rings. The second-order valence-electron chi connectivity index (χ2n) is 8.40. The van der Waals surface area contributed by atoms with Crippen LogP contribution >= 0.6 is 0 Å². The fourth-order valence-corrected chi connectivity index (χ4v) is 3.78. The zero-order chi connectivity index (χ0) is 27.9. The number of carbonyl (C=O) groups is 2. The van der Waals surface area contributed by atoms with Gasteiger partial charge in [-0.15, -0.1) is 0 Å². The van der Waals surface area contributed by atoms with Crippen LogP contribution in [0.2, 0.25) is 0 Å². The molecule has 39 heavy (non-hydrogen) atoms. The predicted octanol–water partition coefficient (Wildman–Crippen LogP) is 2.59. The third-order valence-electron chi connectivity index (χ3n) is 5.77. The lowest BCUT2D eigenvalue weighted by Crippen LogP contribution is -2.28. The lowest BCUT2D eigenvalue weighted by atomic mass is 10.2. The van der Waals surface area contributed by atoms with Crippen molar-refractivity contribution in [2.24, 2.45) is 7.05 Å². The molecule has 15 heteroatoms. The Morgan fingerprint density at radius 2 is 1.74 bits per heavy atom. The third kappa shape index (κ3) is 5.05. The Bertz CT molecular complexity index is 1810. The summed E-state index contributed by atoms with van der Waals surface area (Å²) >= 11 is 0. The molecular weight excluding hydrogens is 526 g/mol. The lowest BCUT2D eigenvalue weighted by molar-refractivity contribution is -0.141. The number of aryl methyl sites for hydroxylation is 1. The zero-order valence-electron chi connectivity index (χ0n) is 19.9. The Morgan fingerprint density at radius 3 is 2.49 bits per heavy atom. The monoisotopic (exact) mass is 543 g/mol. The van der Waals surface area contributed by atoms with E-state index in [0.717, 1.165) is 29.0 Å². The number of carbonyl (C=O) groups excluding carboxylic acids is 2. The van der Waals surface area contributed by atoms with Crippen molar-refractivity contribution in [2.75, 3.05) is 0 Å². The van der Waals surface area contributed by atoms with Crippen LogP contribution in [0.4, 0.5) is 17.6 Å². The second-order valence-corrected chi connectivity index (χ2v) is 8.40. The maximum atomic E-state index is 14.3. The third-order valence-corrected chi connectivity index (χ3v) is 5.77. The minimum atomic E-state index is -4.66. The average molecular weight is 543 g/mol. The van der Waals surface area contributed by atoms with Crippen LogP contribution in [0.25, 0.3) is 16.7 Å². The molecule has 1 aromatic carbocycles. The number of rotatable bonds is 6. The molecule has 0 aliphatic carbocycles. The van der Waals surface area contributed by atoms with Gasteiger partial charge in [0.15, 0.2) is 17.0 Å². The molecule has 0 unspecified atom stereocenters. The predicted molar refractivity (Wildman–Crippen MR) is 126 cm³/mol. The molecule has 0 aliphatic heterocycles. The highest BCUT2D eigenvalue weighted by molar-refractivity contribution is 5.98. The summed E-state index contributed by atoms with van der Waals surface area (Å²) < 4.78 is 60.4. The number of halogens is 4. The molecule has 0 radical (unpaired) electrons. The minimum Gasteiger partial charge on any atom is -0.408 e. The van der Waals surface area contributed by atoms with Crippen molar-refractivity contribution in [3.8, 4) is 0 Å². The van der Waals surface area contributed by atoms with Crippen LogP contribution in [0, 0.1) is 5.82 Å². The van der Waals surface area contributed by atoms with E-state index in [2.05, 4.69) is 25.7 Å². The summed E-state index contributed by atoms with van der Waals surface area (Å²) in [5, 5.41) is 8.81. The quantitative estimate of drug-likeness (QED) is 0.314. The normalized spacial score (nSPS) is 11.7. The van der Waals surface area contributed by atoms with E-state index in [-0.39, 0.29) is 30.0 Å². The van der Waals surface area contributed by atoms with Gasteiger partial charge in [0.25, 0.3) is 11.8 Å². The van der Waals surface area contributed by atoms with Crippen molar-refractivity contribution in [3.05, 3.63) is 93.4 Å². The number of nitrogens with zero attached hydrogens (tertiary/aromatic N) is 5. The molecule has 4 heterocycles. The van der Waals surface area contributed by atoms with Gasteiger partial charge in [-0.3, -0.25) is 19.1 Å². The first-order chi connectivity index (χ1) is 18.5. The number of oxazole rings is 1. The van der Waals surface area contributed by atoms with Gasteiger partial charge >= 0.3 is 11.9 Å².